The van der Waals surface area contributed by atoms with Crippen molar-refractivity contribution >= 4 is 35.0 Å². The number of carbonyl (C=O) groups is 5. The van der Waals surface area contributed by atoms with Crippen LogP contribution < -0.4 is 15.4 Å². The molecule has 0 fully saturated rings. The van der Waals surface area contributed by atoms with Crippen molar-refractivity contribution in [2.45, 2.75) is 0 Å². The third-order valence-corrected chi connectivity index (χ3v) is 5.34. The Balaban J connectivity index is 1.36. The molecule has 0 heterocycles. The summed E-state index contributed by atoms with van der Waals surface area (Å²) in [4.78, 5) is 62.4. The van der Waals surface area contributed by atoms with E-state index in [1.54, 1.807) is 48.5 Å². The van der Waals surface area contributed by atoms with Gasteiger partial charge in [-0.15, -0.1) is 0 Å². The molecule has 0 spiro atoms. The Labute approximate surface area is 200 Å². The summed E-state index contributed by atoms with van der Waals surface area (Å²) in [5.41, 5.74) is 1.21. The number of fused-ring (bicyclic) bond motifs is 2. The van der Waals surface area contributed by atoms with E-state index >= 15 is 0 Å². The molecule has 3 aromatic carbocycles. The number of amides is 2. The lowest BCUT2D eigenvalue weighted by molar-refractivity contribution is -0.146. The van der Waals surface area contributed by atoms with Crippen LogP contribution in [0.3, 0.4) is 0 Å². The summed E-state index contributed by atoms with van der Waals surface area (Å²) in [5, 5.41) is 4.92. The van der Waals surface area contributed by atoms with Crippen molar-refractivity contribution in [2.24, 2.45) is 0 Å². The molecular formula is C26H20N2O7. The van der Waals surface area contributed by atoms with Crippen molar-refractivity contribution in [3.8, 4) is 5.75 Å². The molecule has 0 aliphatic heterocycles. The zero-order chi connectivity index (χ0) is 24.9. The monoisotopic (exact) mass is 472 g/mol. The summed E-state index contributed by atoms with van der Waals surface area (Å²) < 4.78 is 10.0. The van der Waals surface area contributed by atoms with Gasteiger partial charge in [-0.25, -0.2) is 0 Å². The van der Waals surface area contributed by atoms with E-state index in [2.05, 4.69) is 10.6 Å². The van der Waals surface area contributed by atoms with Crippen molar-refractivity contribution in [1.82, 2.24) is 5.32 Å². The first-order valence-corrected chi connectivity index (χ1v) is 10.6. The predicted molar refractivity (Wildman–Crippen MR) is 125 cm³/mol. The fourth-order valence-corrected chi connectivity index (χ4v) is 3.71. The number of anilines is 1. The van der Waals surface area contributed by atoms with Gasteiger partial charge in [0.1, 0.15) is 12.3 Å². The average molecular weight is 472 g/mol. The largest absolute Gasteiger partial charge is 0.496 e. The van der Waals surface area contributed by atoms with Crippen LogP contribution in [0.1, 0.15) is 42.2 Å². The summed E-state index contributed by atoms with van der Waals surface area (Å²) in [7, 11) is 1.42. The molecule has 35 heavy (non-hydrogen) atoms. The van der Waals surface area contributed by atoms with Crippen molar-refractivity contribution in [3.05, 3.63) is 94.5 Å². The number of hydrogen-bond acceptors (Lipinski definition) is 7. The van der Waals surface area contributed by atoms with Crippen molar-refractivity contribution in [3.63, 3.8) is 0 Å². The van der Waals surface area contributed by atoms with Crippen LogP contribution in [0.25, 0.3) is 0 Å². The van der Waals surface area contributed by atoms with E-state index < -0.39 is 30.9 Å². The number of methoxy groups -OCH3 is 1. The van der Waals surface area contributed by atoms with Gasteiger partial charge in [0, 0.05) is 16.7 Å². The van der Waals surface area contributed by atoms with Crippen LogP contribution in [0.5, 0.6) is 5.75 Å². The van der Waals surface area contributed by atoms with E-state index in [9.17, 15) is 24.0 Å². The Bertz CT molecular complexity index is 1360. The molecule has 2 N–H and O–H groups in total. The number of ether oxygens (including phenoxy) is 2. The van der Waals surface area contributed by atoms with Gasteiger partial charge in [0.05, 0.1) is 23.9 Å². The number of carbonyl (C=O) groups excluding carboxylic acids is 5. The molecule has 176 valence electrons. The van der Waals surface area contributed by atoms with Crippen LogP contribution in [0.4, 0.5) is 5.69 Å². The predicted octanol–water partition coefficient (Wildman–Crippen LogP) is 2.38. The number of esters is 1. The first kappa shape index (κ1) is 23.4. The molecule has 9 heteroatoms. The lowest BCUT2D eigenvalue weighted by Crippen LogP contribution is -2.32. The van der Waals surface area contributed by atoms with E-state index in [1.807, 2.05) is 0 Å². The van der Waals surface area contributed by atoms with Gasteiger partial charge in [-0.2, -0.15) is 0 Å². The standard InChI is InChI=1S/C26H20N2O7/c1-34-20-12-5-4-9-17(20)26(33)27-13-22(30)35-14-21(29)28-19-11-6-10-18-23(19)25(32)16-8-3-2-7-15(16)24(18)31/h2-12H,13-14H2,1H3,(H,27,33)(H,28,29). The Hall–Kier alpha value is -4.79. The van der Waals surface area contributed by atoms with Crippen molar-refractivity contribution in [1.29, 1.82) is 0 Å². The maximum absolute atomic E-state index is 13.0. The molecule has 4 rings (SSSR count). The third-order valence-electron chi connectivity index (χ3n) is 5.34. The van der Waals surface area contributed by atoms with E-state index in [1.165, 1.54) is 25.3 Å². The highest BCUT2D eigenvalue weighted by Gasteiger charge is 2.31. The highest BCUT2D eigenvalue weighted by Crippen LogP contribution is 2.31. The molecule has 0 saturated heterocycles. The van der Waals surface area contributed by atoms with Gasteiger partial charge < -0.3 is 20.1 Å². The summed E-state index contributed by atoms with van der Waals surface area (Å²) in [6.45, 7) is -1.11. The smallest absolute Gasteiger partial charge is 0.325 e. The van der Waals surface area contributed by atoms with Crippen LogP contribution in [0, 0.1) is 0 Å². The van der Waals surface area contributed by atoms with Gasteiger partial charge in [-0.1, -0.05) is 48.5 Å². The van der Waals surface area contributed by atoms with Crippen molar-refractivity contribution < 1.29 is 33.4 Å². The fraction of sp³-hybridized carbons (Fsp3) is 0.115. The maximum Gasteiger partial charge on any atom is 0.325 e. The lowest BCUT2D eigenvalue weighted by atomic mass is 9.83. The topological polar surface area (TPSA) is 128 Å². The van der Waals surface area contributed by atoms with Crippen LogP contribution in [0.2, 0.25) is 0 Å². The normalized spacial score (nSPS) is 11.7. The number of para-hydroxylation sites is 1. The SMILES string of the molecule is COc1ccccc1C(=O)NCC(=O)OCC(=O)Nc1cccc2c1C(=O)c1ccccc1C2=O. The maximum atomic E-state index is 13.0. The van der Waals surface area contributed by atoms with Gasteiger partial charge >= 0.3 is 5.97 Å². The minimum absolute atomic E-state index is 0.0833. The molecule has 9 nitrogen and oxygen atoms in total. The number of ketones is 2. The second-order valence-electron chi connectivity index (χ2n) is 7.52. The zero-order valence-electron chi connectivity index (χ0n) is 18.6. The minimum Gasteiger partial charge on any atom is -0.496 e. The molecule has 0 bridgehead atoms. The highest BCUT2D eigenvalue weighted by molar-refractivity contribution is 6.30. The van der Waals surface area contributed by atoms with Gasteiger partial charge in [0.15, 0.2) is 18.2 Å². The first-order chi connectivity index (χ1) is 16.9. The van der Waals surface area contributed by atoms with Gasteiger partial charge in [-0.05, 0) is 18.2 Å². The summed E-state index contributed by atoms with van der Waals surface area (Å²) in [6.07, 6.45) is 0. The van der Waals surface area contributed by atoms with Crippen LogP contribution in [-0.4, -0.2) is 49.6 Å². The van der Waals surface area contributed by atoms with Crippen LogP contribution in [0.15, 0.2) is 66.7 Å². The van der Waals surface area contributed by atoms with Crippen molar-refractivity contribution in [2.75, 3.05) is 25.6 Å². The average Bonchev–Trinajstić information content (AvgIpc) is 2.89. The second kappa shape index (κ2) is 10.0. The molecule has 0 radical (unpaired) electrons. The number of benzene rings is 3. The van der Waals surface area contributed by atoms with Gasteiger partial charge in [0.2, 0.25) is 0 Å². The molecule has 2 amide bonds. The number of rotatable bonds is 7. The Kier molecular flexibility index (Phi) is 6.68. The Morgan fingerprint density at radius 2 is 1.46 bits per heavy atom. The molecule has 0 saturated carbocycles. The number of nitrogens with one attached hydrogen (secondary N) is 2. The van der Waals surface area contributed by atoms with Gasteiger partial charge in [0.25, 0.3) is 11.8 Å². The third kappa shape index (κ3) is 4.79. The highest BCUT2D eigenvalue weighted by atomic mass is 16.5. The summed E-state index contributed by atoms with van der Waals surface area (Å²) in [5.74, 6) is -2.44. The van der Waals surface area contributed by atoms with E-state index in [0.717, 1.165) is 0 Å². The first-order valence-electron chi connectivity index (χ1n) is 10.6. The molecule has 1 aliphatic carbocycles. The number of hydrogen-bond donors (Lipinski definition) is 2. The molecule has 0 unspecified atom stereocenters. The zero-order valence-corrected chi connectivity index (χ0v) is 18.6. The molecule has 1 aliphatic rings. The lowest BCUT2D eigenvalue weighted by Gasteiger charge is -2.20. The van der Waals surface area contributed by atoms with E-state index in [0.29, 0.717) is 11.3 Å². The van der Waals surface area contributed by atoms with Crippen LogP contribution in [-0.2, 0) is 14.3 Å². The van der Waals surface area contributed by atoms with Crippen LogP contribution >= 0.6 is 0 Å². The Morgan fingerprint density at radius 1 is 0.800 bits per heavy atom. The summed E-state index contributed by atoms with van der Waals surface area (Å²) >= 11 is 0. The molecule has 3 aromatic rings. The fourth-order valence-electron chi connectivity index (χ4n) is 3.71. The summed E-state index contributed by atoms with van der Waals surface area (Å²) in [6, 6.07) is 17.5. The Morgan fingerprint density at radius 3 is 2.20 bits per heavy atom. The quantitative estimate of drug-likeness (QED) is 0.395. The molecule has 0 aromatic heterocycles. The molecule has 0 atom stereocenters. The molecular weight excluding hydrogens is 452 g/mol. The van der Waals surface area contributed by atoms with Gasteiger partial charge in [-0.3, -0.25) is 24.0 Å². The second-order valence-corrected chi connectivity index (χ2v) is 7.52. The van der Waals surface area contributed by atoms with E-state index in [-0.39, 0.29) is 39.5 Å². The minimum atomic E-state index is -0.835. The van der Waals surface area contributed by atoms with E-state index in [4.69, 9.17) is 9.47 Å².